The molecule has 0 unspecified atom stereocenters. The van der Waals surface area contributed by atoms with E-state index in [1.807, 2.05) is 6.92 Å². The van der Waals surface area contributed by atoms with Gasteiger partial charge in [-0.1, -0.05) is 23.2 Å². The molecule has 11 heteroatoms. The third kappa shape index (κ3) is 3.60. The van der Waals surface area contributed by atoms with Gasteiger partial charge in [-0.05, 0) is 59.6 Å². The molecule has 0 spiro atoms. The zero-order valence-electron chi connectivity index (χ0n) is 15.7. The van der Waals surface area contributed by atoms with Gasteiger partial charge in [0.1, 0.15) is 16.1 Å². The number of benzene rings is 1. The number of fused-ring (bicyclic) bond motifs is 1. The van der Waals surface area contributed by atoms with Crippen LogP contribution in [0.15, 0.2) is 45.9 Å². The van der Waals surface area contributed by atoms with E-state index in [9.17, 15) is 9.59 Å². The van der Waals surface area contributed by atoms with Crippen LogP contribution in [-0.2, 0) is 0 Å². The van der Waals surface area contributed by atoms with Crippen LogP contribution in [0.1, 0.15) is 21.9 Å². The lowest BCUT2D eigenvalue weighted by molar-refractivity contribution is 0.0998. The highest BCUT2D eigenvalue weighted by Gasteiger charge is 2.20. The van der Waals surface area contributed by atoms with Gasteiger partial charge in [-0.25, -0.2) is 19.3 Å². The second kappa shape index (κ2) is 7.82. The van der Waals surface area contributed by atoms with E-state index in [-0.39, 0.29) is 11.5 Å². The monoisotopic (exact) mass is 506 g/mol. The predicted octanol–water partition coefficient (Wildman–Crippen LogP) is 4.05. The molecule has 0 bridgehead atoms. The minimum absolute atomic E-state index is 0.121. The van der Waals surface area contributed by atoms with Crippen LogP contribution in [0.4, 0.5) is 0 Å². The molecule has 0 aliphatic rings. The van der Waals surface area contributed by atoms with Gasteiger partial charge in [0.2, 0.25) is 0 Å². The highest BCUT2D eigenvalue weighted by atomic mass is 79.9. The number of halogens is 3. The lowest BCUT2D eigenvalue weighted by Crippen LogP contribution is -2.36. The third-order valence-corrected chi connectivity index (χ3v) is 5.26. The highest BCUT2D eigenvalue weighted by Crippen LogP contribution is 2.22. The maximum absolute atomic E-state index is 13.0. The number of nitrogens with zero attached hydrogens (tertiary/aromatic N) is 5. The molecule has 0 aliphatic carbocycles. The SMILES string of the molecule is Cc1cc(Cl)cc2c(=O)n(NC(=O)c3cc(Br)nn3-c3ncccc3Cl)c(C)nc12. The van der Waals surface area contributed by atoms with Gasteiger partial charge >= 0.3 is 0 Å². The molecule has 0 saturated heterocycles. The van der Waals surface area contributed by atoms with Crippen LogP contribution in [0.3, 0.4) is 0 Å². The molecule has 30 heavy (non-hydrogen) atoms. The molecular formula is C19H13BrCl2N6O2. The maximum Gasteiger partial charge on any atom is 0.289 e. The predicted molar refractivity (Wildman–Crippen MR) is 118 cm³/mol. The Bertz CT molecular complexity index is 1380. The van der Waals surface area contributed by atoms with E-state index in [4.69, 9.17) is 23.2 Å². The molecule has 0 atom stereocenters. The van der Waals surface area contributed by atoms with Crippen molar-refractivity contribution in [2.75, 3.05) is 5.43 Å². The van der Waals surface area contributed by atoms with Gasteiger partial charge in [0.15, 0.2) is 5.82 Å². The van der Waals surface area contributed by atoms with Crippen molar-refractivity contribution in [3.05, 3.63) is 78.6 Å². The molecule has 152 valence electrons. The molecule has 0 fully saturated rings. The Kier molecular flexibility index (Phi) is 5.35. The summed E-state index contributed by atoms with van der Waals surface area (Å²) in [6.07, 6.45) is 1.53. The third-order valence-electron chi connectivity index (χ3n) is 4.36. The summed E-state index contributed by atoms with van der Waals surface area (Å²) in [6.45, 7) is 3.44. The molecule has 4 rings (SSSR count). The van der Waals surface area contributed by atoms with Crippen LogP contribution in [0.25, 0.3) is 16.7 Å². The van der Waals surface area contributed by atoms with Crippen LogP contribution in [0, 0.1) is 13.8 Å². The molecular weight excluding hydrogens is 495 g/mol. The molecule has 3 aromatic heterocycles. The number of rotatable bonds is 3. The normalized spacial score (nSPS) is 11.1. The molecule has 1 amide bonds. The van der Waals surface area contributed by atoms with Crippen molar-refractivity contribution in [3.63, 3.8) is 0 Å². The average Bonchev–Trinajstić information content (AvgIpc) is 3.08. The first kappa shape index (κ1) is 20.5. The molecule has 8 nitrogen and oxygen atoms in total. The van der Waals surface area contributed by atoms with Crippen molar-refractivity contribution in [2.24, 2.45) is 0 Å². The van der Waals surface area contributed by atoms with Gasteiger partial charge in [0.05, 0.1) is 15.9 Å². The fourth-order valence-corrected chi connectivity index (χ4v) is 3.88. The largest absolute Gasteiger partial charge is 0.289 e. The van der Waals surface area contributed by atoms with E-state index in [1.165, 1.54) is 23.0 Å². The smallest absolute Gasteiger partial charge is 0.267 e. The van der Waals surface area contributed by atoms with Crippen LogP contribution in [-0.4, -0.2) is 30.3 Å². The Morgan fingerprint density at radius 1 is 1.20 bits per heavy atom. The quantitative estimate of drug-likeness (QED) is 0.451. The van der Waals surface area contributed by atoms with E-state index in [2.05, 4.69) is 36.4 Å². The Balaban J connectivity index is 1.80. The number of aromatic nitrogens is 5. The number of amides is 1. The second-order valence-corrected chi connectivity index (χ2v) is 8.09. The summed E-state index contributed by atoms with van der Waals surface area (Å²) in [5.41, 5.74) is 3.55. The van der Waals surface area contributed by atoms with Crippen molar-refractivity contribution in [1.29, 1.82) is 0 Å². The van der Waals surface area contributed by atoms with Crippen LogP contribution in [0.2, 0.25) is 10.0 Å². The van der Waals surface area contributed by atoms with Crippen molar-refractivity contribution >= 4 is 55.9 Å². The van der Waals surface area contributed by atoms with Crippen molar-refractivity contribution in [2.45, 2.75) is 13.8 Å². The van der Waals surface area contributed by atoms with Gasteiger partial charge < -0.3 is 0 Å². The Morgan fingerprint density at radius 3 is 2.70 bits per heavy atom. The number of pyridine rings is 1. The average molecular weight is 508 g/mol. The Morgan fingerprint density at radius 2 is 1.97 bits per heavy atom. The Hall–Kier alpha value is -2.75. The summed E-state index contributed by atoms with van der Waals surface area (Å²) < 4.78 is 2.76. The Labute approximate surface area is 188 Å². The maximum atomic E-state index is 13.0. The number of aryl methyl sites for hydroxylation is 2. The number of hydrogen-bond donors (Lipinski definition) is 1. The first-order valence-corrected chi connectivity index (χ1v) is 10.2. The molecule has 4 aromatic rings. The highest BCUT2D eigenvalue weighted by molar-refractivity contribution is 9.10. The van der Waals surface area contributed by atoms with Crippen molar-refractivity contribution in [1.82, 2.24) is 24.4 Å². The van der Waals surface area contributed by atoms with E-state index in [0.717, 1.165) is 10.2 Å². The standard InChI is InChI=1S/C19H13BrCl2N6O2/c1-9-6-11(21)7-12-16(9)24-10(2)27(19(12)30)26-18(29)14-8-15(20)25-28(14)17-13(22)4-3-5-23-17/h3-8H,1-2H3,(H,26,29). The molecule has 0 aliphatic heterocycles. The van der Waals surface area contributed by atoms with Crippen LogP contribution >= 0.6 is 39.1 Å². The lowest BCUT2D eigenvalue weighted by atomic mass is 10.1. The summed E-state index contributed by atoms with van der Waals surface area (Å²) in [7, 11) is 0. The van der Waals surface area contributed by atoms with E-state index in [0.29, 0.717) is 31.4 Å². The molecule has 1 aromatic carbocycles. The number of hydrogen-bond acceptors (Lipinski definition) is 5. The van der Waals surface area contributed by atoms with Gasteiger partial charge in [0, 0.05) is 17.3 Å². The van der Waals surface area contributed by atoms with Gasteiger partial charge in [-0.15, -0.1) is 0 Å². The molecule has 1 N–H and O–H groups in total. The summed E-state index contributed by atoms with van der Waals surface area (Å²) in [5.74, 6) is -0.00887. The van der Waals surface area contributed by atoms with Crippen LogP contribution < -0.4 is 11.0 Å². The van der Waals surface area contributed by atoms with Crippen molar-refractivity contribution in [3.8, 4) is 5.82 Å². The van der Waals surface area contributed by atoms with E-state index >= 15 is 0 Å². The van der Waals surface area contributed by atoms with Gasteiger partial charge in [0.25, 0.3) is 11.5 Å². The zero-order chi connectivity index (χ0) is 21.6. The second-order valence-electron chi connectivity index (χ2n) is 6.43. The number of carbonyl (C=O) groups excluding carboxylic acids is 1. The van der Waals surface area contributed by atoms with Crippen molar-refractivity contribution < 1.29 is 4.79 Å². The first-order valence-electron chi connectivity index (χ1n) is 8.63. The summed E-state index contributed by atoms with van der Waals surface area (Å²) in [5, 5.41) is 5.25. The molecule has 3 heterocycles. The first-order chi connectivity index (χ1) is 14.3. The summed E-state index contributed by atoms with van der Waals surface area (Å²) in [6, 6.07) is 8.05. The summed E-state index contributed by atoms with van der Waals surface area (Å²) >= 11 is 15.6. The molecule has 0 radical (unpaired) electrons. The van der Waals surface area contributed by atoms with E-state index < -0.39 is 11.5 Å². The van der Waals surface area contributed by atoms with E-state index in [1.54, 1.807) is 25.1 Å². The minimum Gasteiger partial charge on any atom is -0.267 e. The van der Waals surface area contributed by atoms with Crippen LogP contribution in [0.5, 0.6) is 0 Å². The minimum atomic E-state index is -0.597. The molecule has 0 saturated carbocycles. The number of nitrogens with one attached hydrogen (secondary N) is 1. The topological polar surface area (TPSA) is 94.7 Å². The zero-order valence-corrected chi connectivity index (χ0v) is 18.7. The number of carbonyl (C=O) groups is 1. The van der Waals surface area contributed by atoms with Gasteiger partial charge in [-0.2, -0.15) is 5.10 Å². The lowest BCUT2D eigenvalue weighted by Gasteiger charge is -2.14. The van der Waals surface area contributed by atoms with Gasteiger partial charge in [-0.3, -0.25) is 15.0 Å². The fraction of sp³-hybridized carbons (Fsp3) is 0.105. The fourth-order valence-electron chi connectivity index (χ4n) is 3.03. The summed E-state index contributed by atoms with van der Waals surface area (Å²) in [4.78, 5) is 34.7.